The average molecular weight is 391 g/mol. The number of likely N-dealkylation sites (N-methyl/N-ethyl adjacent to an activating group) is 1. The molecule has 0 saturated carbocycles. The maximum Gasteiger partial charge on any atom is 0.342 e. The van der Waals surface area contributed by atoms with Crippen LogP contribution >= 0.6 is 11.6 Å². The van der Waals surface area contributed by atoms with Gasteiger partial charge in [0, 0.05) is 19.7 Å². The zero-order chi connectivity index (χ0) is 20.1. The van der Waals surface area contributed by atoms with Crippen molar-refractivity contribution in [2.24, 2.45) is 0 Å². The molecule has 7 heteroatoms. The molecule has 0 atom stereocenters. The number of hydrogen-bond donors (Lipinski definition) is 1. The van der Waals surface area contributed by atoms with Gasteiger partial charge in [-0.05, 0) is 31.0 Å². The summed E-state index contributed by atoms with van der Waals surface area (Å²) in [5, 5.41) is 0.209. The lowest BCUT2D eigenvalue weighted by Gasteiger charge is -2.19. The third kappa shape index (κ3) is 5.14. The zero-order valence-electron chi connectivity index (χ0n) is 15.8. The SMILES string of the molecule is COc1cc(N)c(Cl)cc1C(=O)OCC(=O)N(C)Cc1ccc(C)cc1C. The molecule has 2 N–H and O–H groups in total. The number of amides is 1. The third-order valence-electron chi connectivity index (χ3n) is 4.20. The first-order valence-corrected chi connectivity index (χ1v) is 8.71. The second-order valence-corrected chi connectivity index (χ2v) is 6.74. The molecule has 27 heavy (non-hydrogen) atoms. The van der Waals surface area contributed by atoms with Crippen molar-refractivity contribution < 1.29 is 19.1 Å². The summed E-state index contributed by atoms with van der Waals surface area (Å²) in [6.07, 6.45) is 0. The van der Waals surface area contributed by atoms with Crippen molar-refractivity contribution in [2.45, 2.75) is 20.4 Å². The van der Waals surface area contributed by atoms with Gasteiger partial charge in [-0.25, -0.2) is 4.79 Å². The minimum absolute atomic E-state index is 0.113. The fraction of sp³-hybridized carbons (Fsp3) is 0.300. The molecule has 2 rings (SSSR count). The van der Waals surface area contributed by atoms with Crippen molar-refractivity contribution in [3.8, 4) is 5.75 Å². The maximum absolute atomic E-state index is 12.3. The number of nitrogen functional groups attached to an aromatic ring is 1. The van der Waals surface area contributed by atoms with Gasteiger partial charge in [0.15, 0.2) is 6.61 Å². The molecule has 0 saturated heterocycles. The Morgan fingerprint density at radius 1 is 1.19 bits per heavy atom. The van der Waals surface area contributed by atoms with Gasteiger partial charge in [0.2, 0.25) is 0 Å². The molecule has 0 aliphatic rings. The number of rotatable bonds is 6. The molecule has 0 unspecified atom stereocenters. The van der Waals surface area contributed by atoms with Crippen molar-refractivity contribution in [3.63, 3.8) is 0 Å². The van der Waals surface area contributed by atoms with Crippen LogP contribution in [0.5, 0.6) is 5.75 Å². The molecule has 144 valence electrons. The lowest BCUT2D eigenvalue weighted by atomic mass is 10.1. The number of anilines is 1. The van der Waals surface area contributed by atoms with Gasteiger partial charge in [0.1, 0.15) is 11.3 Å². The summed E-state index contributed by atoms with van der Waals surface area (Å²) in [6, 6.07) is 8.85. The number of halogens is 1. The smallest absolute Gasteiger partial charge is 0.342 e. The van der Waals surface area contributed by atoms with Crippen LogP contribution < -0.4 is 10.5 Å². The first-order valence-electron chi connectivity index (χ1n) is 8.33. The number of esters is 1. The van der Waals surface area contributed by atoms with E-state index in [1.807, 2.05) is 26.0 Å². The molecule has 0 bridgehead atoms. The fourth-order valence-corrected chi connectivity index (χ4v) is 2.74. The number of aryl methyl sites for hydroxylation is 2. The number of carbonyl (C=O) groups excluding carboxylic acids is 2. The van der Waals surface area contributed by atoms with E-state index < -0.39 is 5.97 Å². The maximum atomic E-state index is 12.3. The molecule has 0 aliphatic carbocycles. The number of methoxy groups -OCH3 is 1. The first-order chi connectivity index (χ1) is 12.7. The first kappa shape index (κ1) is 20.6. The molecule has 0 aliphatic heterocycles. The van der Waals surface area contributed by atoms with E-state index in [9.17, 15) is 9.59 Å². The zero-order valence-corrected chi connectivity index (χ0v) is 16.6. The van der Waals surface area contributed by atoms with Gasteiger partial charge in [0.25, 0.3) is 5.91 Å². The highest BCUT2D eigenvalue weighted by Gasteiger charge is 2.19. The van der Waals surface area contributed by atoms with E-state index in [1.165, 1.54) is 24.1 Å². The molecule has 0 aromatic heterocycles. The van der Waals surface area contributed by atoms with E-state index >= 15 is 0 Å². The van der Waals surface area contributed by atoms with Gasteiger partial charge < -0.3 is 20.1 Å². The summed E-state index contributed by atoms with van der Waals surface area (Å²) in [7, 11) is 3.07. The van der Waals surface area contributed by atoms with Crippen LogP contribution in [0.2, 0.25) is 5.02 Å². The van der Waals surface area contributed by atoms with Crippen LogP contribution in [0, 0.1) is 13.8 Å². The second kappa shape index (κ2) is 8.77. The Morgan fingerprint density at radius 2 is 1.89 bits per heavy atom. The van der Waals surface area contributed by atoms with Crippen LogP contribution in [0.3, 0.4) is 0 Å². The predicted molar refractivity (Wildman–Crippen MR) is 105 cm³/mol. The Hall–Kier alpha value is -2.73. The highest BCUT2D eigenvalue weighted by Crippen LogP contribution is 2.29. The Kier molecular flexibility index (Phi) is 6.69. The van der Waals surface area contributed by atoms with Gasteiger partial charge >= 0.3 is 5.97 Å². The van der Waals surface area contributed by atoms with Gasteiger partial charge in [-0.1, -0.05) is 35.4 Å². The van der Waals surface area contributed by atoms with Crippen LogP contribution in [-0.2, 0) is 16.1 Å². The van der Waals surface area contributed by atoms with Crippen molar-refractivity contribution in [2.75, 3.05) is 26.5 Å². The van der Waals surface area contributed by atoms with Gasteiger partial charge in [0.05, 0.1) is 17.8 Å². The summed E-state index contributed by atoms with van der Waals surface area (Å²) in [5.74, 6) is -0.788. The summed E-state index contributed by atoms with van der Waals surface area (Å²) < 4.78 is 10.2. The van der Waals surface area contributed by atoms with Crippen molar-refractivity contribution in [3.05, 3.63) is 57.6 Å². The number of hydrogen-bond acceptors (Lipinski definition) is 5. The molecule has 0 heterocycles. The monoisotopic (exact) mass is 390 g/mol. The number of nitrogens with two attached hydrogens (primary N) is 1. The Labute approximate surface area is 163 Å². The van der Waals surface area contributed by atoms with E-state index in [1.54, 1.807) is 7.05 Å². The van der Waals surface area contributed by atoms with Crippen molar-refractivity contribution in [1.29, 1.82) is 0 Å². The van der Waals surface area contributed by atoms with Crippen LogP contribution in [0.4, 0.5) is 5.69 Å². The van der Waals surface area contributed by atoms with Crippen LogP contribution in [0.15, 0.2) is 30.3 Å². The normalized spacial score (nSPS) is 10.4. The van der Waals surface area contributed by atoms with Crippen LogP contribution in [-0.4, -0.2) is 37.5 Å². The predicted octanol–water partition coefficient (Wildman–Crippen LogP) is 3.36. The molecule has 0 fully saturated rings. The quantitative estimate of drug-likeness (QED) is 0.604. The molecule has 2 aromatic rings. The Morgan fingerprint density at radius 3 is 2.52 bits per heavy atom. The molecular formula is C20H23ClN2O4. The lowest BCUT2D eigenvalue weighted by Crippen LogP contribution is -2.31. The van der Waals surface area contributed by atoms with E-state index in [2.05, 4.69) is 6.07 Å². The average Bonchev–Trinajstić information content (AvgIpc) is 2.63. The summed E-state index contributed by atoms with van der Waals surface area (Å²) in [6.45, 7) is 4.06. The molecule has 6 nitrogen and oxygen atoms in total. The number of nitrogens with zero attached hydrogens (tertiary/aromatic N) is 1. The topological polar surface area (TPSA) is 81.9 Å². The largest absolute Gasteiger partial charge is 0.496 e. The van der Waals surface area contributed by atoms with Gasteiger partial charge in [-0.2, -0.15) is 0 Å². The number of carbonyl (C=O) groups is 2. The Bertz CT molecular complexity index is 867. The highest BCUT2D eigenvalue weighted by molar-refractivity contribution is 6.33. The van der Waals surface area contributed by atoms with Crippen LogP contribution in [0.25, 0.3) is 0 Å². The highest BCUT2D eigenvalue weighted by atomic mass is 35.5. The molecular weight excluding hydrogens is 368 g/mol. The Balaban J connectivity index is 2.00. The minimum Gasteiger partial charge on any atom is -0.496 e. The molecule has 0 spiro atoms. The van der Waals surface area contributed by atoms with Crippen molar-refractivity contribution in [1.82, 2.24) is 4.90 Å². The van der Waals surface area contributed by atoms with Crippen LogP contribution in [0.1, 0.15) is 27.0 Å². The third-order valence-corrected chi connectivity index (χ3v) is 4.52. The number of ether oxygens (including phenoxy) is 2. The van der Waals surface area contributed by atoms with E-state index in [0.29, 0.717) is 6.54 Å². The van der Waals surface area contributed by atoms with E-state index in [-0.39, 0.29) is 34.5 Å². The van der Waals surface area contributed by atoms with Gasteiger partial charge in [-0.15, -0.1) is 0 Å². The molecule has 0 radical (unpaired) electrons. The molecule has 2 aromatic carbocycles. The molecule has 1 amide bonds. The summed E-state index contributed by atoms with van der Waals surface area (Å²) in [4.78, 5) is 26.1. The fourth-order valence-electron chi connectivity index (χ4n) is 2.58. The standard InChI is InChI=1S/C20H23ClN2O4/c1-12-5-6-14(13(2)7-12)10-23(3)19(24)11-27-20(25)15-8-16(21)17(22)9-18(15)26-4/h5-9H,10-11,22H2,1-4H3. The van der Waals surface area contributed by atoms with E-state index in [4.69, 9.17) is 26.8 Å². The van der Waals surface area contributed by atoms with Crippen molar-refractivity contribution >= 4 is 29.2 Å². The lowest BCUT2D eigenvalue weighted by molar-refractivity contribution is -0.133. The number of benzene rings is 2. The van der Waals surface area contributed by atoms with E-state index in [0.717, 1.165) is 16.7 Å². The van der Waals surface area contributed by atoms with Gasteiger partial charge in [-0.3, -0.25) is 4.79 Å². The summed E-state index contributed by atoms with van der Waals surface area (Å²) in [5.41, 5.74) is 9.40. The minimum atomic E-state index is -0.706. The summed E-state index contributed by atoms with van der Waals surface area (Å²) >= 11 is 5.95. The second-order valence-electron chi connectivity index (χ2n) is 6.33.